The van der Waals surface area contributed by atoms with Gasteiger partial charge in [-0.25, -0.2) is 0 Å². The van der Waals surface area contributed by atoms with E-state index in [0.29, 0.717) is 10.7 Å². The molecular weight excluding hydrogens is 296 g/mol. The molecule has 110 valence electrons. The number of aromatic nitrogens is 2. The van der Waals surface area contributed by atoms with Gasteiger partial charge in [-0.15, -0.1) is 0 Å². The molecule has 8 heteroatoms. The van der Waals surface area contributed by atoms with Crippen LogP contribution in [0.25, 0.3) is 0 Å². The molecule has 21 heavy (non-hydrogen) atoms. The molecule has 1 aromatic carbocycles. The predicted molar refractivity (Wildman–Crippen MR) is 78.4 cm³/mol. The highest BCUT2D eigenvalue weighted by Gasteiger charge is 2.16. The number of amides is 1. The minimum Gasteiger partial charge on any atom is -0.319 e. The van der Waals surface area contributed by atoms with Gasteiger partial charge in [0.25, 0.3) is 5.69 Å². The molecule has 1 heterocycles. The first kappa shape index (κ1) is 15.0. The highest BCUT2D eigenvalue weighted by Crippen LogP contribution is 2.25. The summed E-state index contributed by atoms with van der Waals surface area (Å²) in [7, 11) is 0. The monoisotopic (exact) mass is 308 g/mol. The van der Waals surface area contributed by atoms with Gasteiger partial charge in [-0.05, 0) is 25.5 Å². The third-order valence-electron chi connectivity index (χ3n) is 2.82. The molecule has 0 spiro atoms. The fraction of sp³-hybridized carbons (Fsp3) is 0.231. The largest absolute Gasteiger partial charge is 0.319 e. The molecule has 0 fully saturated rings. The number of hydrogen-bond donors (Lipinski definition) is 1. The fourth-order valence-corrected chi connectivity index (χ4v) is 1.96. The van der Waals surface area contributed by atoms with E-state index in [-0.39, 0.29) is 17.9 Å². The van der Waals surface area contributed by atoms with Gasteiger partial charge in [0.1, 0.15) is 12.2 Å². The lowest BCUT2D eigenvalue weighted by molar-refractivity contribution is -0.384. The lowest BCUT2D eigenvalue weighted by Gasteiger charge is -2.06. The average molecular weight is 309 g/mol. The normalized spacial score (nSPS) is 10.4. The van der Waals surface area contributed by atoms with Crippen molar-refractivity contribution in [2.24, 2.45) is 0 Å². The van der Waals surface area contributed by atoms with Crippen LogP contribution in [0.4, 0.5) is 11.4 Å². The first-order valence-electron chi connectivity index (χ1n) is 6.11. The van der Waals surface area contributed by atoms with E-state index in [2.05, 4.69) is 10.4 Å². The topological polar surface area (TPSA) is 90.1 Å². The van der Waals surface area contributed by atoms with E-state index in [1.165, 1.54) is 23.0 Å². The molecule has 0 saturated carbocycles. The molecule has 0 aliphatic rings. The number of aryl methyl sites for hydroxylation is 2. The zero-order valence-corrected chi connectivity index (χ0v) is 12.2. The van der Waals surface area contributed by atoms with Crippen molar-refractivity contribution < 1.29 is 9.72 Å². The molecule has 1 amide bonds. The quantitative estimate of drug-likeness (QED) is 0.694. The third-order valence-corrected chi connectivity index (χ3v) is 3.19. The summed E-state index contributed by atoms with van der Waals surface area (Å²) in [5.74, 6) is -0.416. The summed E-state index contributed by atoms with van der Waals surface area (Å²) in [6.45, 7) is 3.40. The number of nitro benzene ring substituents is 1. The zero-order chi connectivity index (χ0) is 15.6. The van der Waals surface area contributed by atoms with E-state index in [1.54, 1.807) is 19.9 Å². The standard InChI is InChI=1S/C13H13ClN4O3/c1-8-3-4-11(12(5-8)18(20)21)15-13(19)7-17-6-10(14)9(2)16-17/h3-6H,7H2,1-2H3,(H,15,19). The SMILES string of the molecule is Cc1ccc(NC(=O)Cn2cc(Cl)c(C)n2)c([N+](=O)[O-])c1. The molecule has 2 aromatic rings. The lowest BCUT2D eigenvalue weighted by Crippen LogP contribution is -2.19. The van der Waals surface area contributed by atoms with Crippen molar-refractivity contribution in [3.63, 3.8) is 0 Å². The Balaban J connectivity index is 2.14. The van der Waals surface area contributed by atoms with Crippen LogP contribution in [0.15, 0.2) is 24.4 Å². The highest BCUT2D eigenvalue weighted by molar-refractivity contribution is 6.31. The van der Waals surface area contributed by atoms with Gasteiger partial charge in [0.05, 0.1) is 15.6 Å². The summed E-state index contributed by atoms with van der Waals surface area (Å²) >= 11 is 5.85. The number of nitrogens with one attached hydrogen (secondary N) is 1. The van der Waals surface area contributed by atoms with Crippen LogP contribution in [0.2, 0.25) is 5.02 Å². The van der Waals surface area contributed by atoms with Crippen LogP contribution in [-0.4, -0.2) is 20.6 Å². The maximum absolute atomic E-state index is 11.9. The van der Waals surface area contributed by atoms with Crippen molar-refractivity contribution in [3.05, 3.63) is 50.8 Å². The maximum atomic E-state index is 11.9. The Morgan fingerprint density at radius 3 is 2.76 bits per heavy atom. The Labute approximate surface area is 125 Å². The highest BCUT2D eigenvalue weighted by atomic mass is 35.5. The first-order chi connectivity index (χ1) is 9.86. The Morgan fingerprint density at radius 2 is 2.19 bits per heavy atom. The molecule has 0 saturated heterocycles. The van der Waals surface area contributed by atoms with E-state index < -0.39 is 10.8 Å². The van der Waals surface area contributed by atoms with Crippen molar-refractivity contribution >= 4 is 28.9 Å². The average Bonchev–Trinajstić information content (AvgIpc) is 2.70. The second-order valence-corrected chi connectivity index (χ2v) is 4.99. The van der Waals surface area contributed by atoms with Gasteiger partial charge in [0, 0.05) is 12.3 Å². The summed E-state index contributed by atoms with van der Waals surface area (Å²) in [5.41, 5.74) is 1.38. The summed E-state index contributed by atoms with van der Waals surface area (Å²) in [5, 5.41) is 18.0. The third kappa shape index (κ3) is 3.57. The molecule has 0 atom stereocenters. The van der Waals surface area contributed by atoms with Crippen LogP contribution < -0.4 is 5.32 Å². The number of carbonyl (C=O) groups is 1. The Kier molecular flexibility index (Phi) is 4.23. The van der Waals surface area contributed by atoms with E-state index in [0.717, 1.165) is 5.56 Å². The second kappa shape index (κ2) is 5.92. The zero-order valence-electron chi connectivity index (χ0n) is 11.5. The van der Waals surface area contributed by atoms with E-state index in [9.17, 15) is 14.9 Å². The molecule has 0 radical (unpaired) electrons. The Bertz CT molecular complexity index is 692. The van der Waals surface area contributed by atoms with Gasteiger partial charge >= 0.3 is 0 Å². The van der Waals surface area contributed by atoms with Gasteiger partial charge in [-0.1, -0.05) is 17.7 Å². The molecule has 0 unspecified atom stereocenters. The molecule has 7 nitrogen and oxygen atoms in total. The van der Waals surface area contributed by atoms with Gasteiger partial charge < -0.3 is 5.32 Å². The molecule has 1 aromatic heterocycles. The summed E-state index contributed by atoms with van der Waals surface area (Å²) < 4.78 is 1.38. The fourth-order valence-electron chi connectivity index (χ4n) is 1.81. The smallest absolute Gasteiger partial charge is 0.293 e. The van der Waals surface area contributed by atoms with Crippen molar-refractivity contribution in [1.29, 1.82) is 0 Å². The van der Waals surface area contributed by atoms with Crippen LogP contribution >= 0.6 is 11.6 Å². The number of halogens is 1. The number of nitrogens with zero attached hydrogens (tertiary/aromatic N) is 3. The number of hydrogen-bond acceptors (Lipinski definition) is 4. The minimum absolute atomic E-state index is 0.0708. The molecule has 0 aliphatic carbocycles. The molecular formula is C13H13ClN4O3. The maximum Gasteiger partial charge on any atom is 0.293 e. The first-order valence-corrected chi connectivity index (χ1v) is 6.49. The summed E-state index contributed by atoms with van der Waals surface area (Å²) in [6.07, 6.45) is 1.53. The molecule has 1 N–H and O–H groups in total. The van der Waals surface area contributed by atoms with Crippen LogP contribution in [0.3, 0.4) is 0 Å². The van der Waals surface area contributed by atoms with Gasteiger partial charge in [-0.3, -0.25) is 19.6 Å². The van der Waals surface area contributed by atoms with Crippen LogP contribution in [0, 0.1) is 24.0 Å². The van der Waals surface area contributed by atoms with E-state index in [4.69, 9.17) is 11.6 Å². The van der Waals surface area contributed by atoms with E-state index in [1.807, 2.05) is 0 Å². The van der Waals surface area contributed by atoms with Gasteiger partial charge in [-0.2, -0.15) is 5.10 Å². The minimum atomic E-state index is -0.530. The summed E-state index contributed by atoms with van der Waals surface area (Å²) in [4.78, 5) is 22.4. The van der Waals surface area contributed by atoms with Crippen molar-refractivity contribution in [3.8, 4) is 0 Å². The number of benzene rings is 1. The number of nitro groups is 1. The van der Waals surface area contributed by atoms with Crippen LogP contribution in [-0.2, 0) is 11.3 Å². The predicted octanol–water partition coefficient (Wildman–Crippen LogP) is 2.70. The van der Waals surface area contributed by atoms with Gasteiger partial charge in [0.15, 0.2) is 0 Å². The number of carbonyl (C=O) groups excluding carboxylic acids is 1. The number of rotatable bonds is 4. The van der Waals surface area contributed by atoms with Crippen LogP contribution in [0.1, 0.15) is 11.3 Å². The second-order valence-electron chi connectivity index (χ2n) is 4.59. The Hall–Kier alpha value is -2.41. The van der Waals surface area contributed by atoms with Crippen molar-refractivity contribution in [2.75, 3.05) is 5.32 Å². The number of anilines is 1. The van der Waals surface area contributed by atoms with Gasteiger partial charge in [0.2, 0.25) is 5.91 Å². The summed E-state index contributed by atoms with van der Waals surface area (Å²) in [6, 6.07) is 4.61. The van der Waals surface area contributed by atoms with E-state index >= 15 is 0 Å². The molecule has 0 bridgehead atoms. The lowest BCUT2D eigenvalue weighted by atomic mass is 10.2. The Morgan fingerprint density at radius 1 is 1.48 bits per heavy atom. The van der Waals surface area contributed by atoms with Crippen LogP contribution in [0.5, 0.6) is 0 Å². The molecule has 0 aliphatic heterocycles. The molecule has 2 rings (SSSR count). The van der Waals surface area contributed by atoms with Crippen molar-refractivity contribution in [2.45, 2.75) is 20.4 Å². The van der Waals surface area contributed by atoms with Crippen molar-refractivity contribution in [1.82, 2.24) is 9.78 Å².